The molecule has 0 spiro atoms. The van der Waals surface area contributed by atoms with E-state index in [1.165, 1.54) is 6.33 Å². The van der Waals surface area contributed by atoms with Crippen molar-refractivity contribution in [3.8, 4) is 0 Å². The molecule has 3 N–H and O–H groups in total. The molecule has 0 amide bonds. The number of fused-ring (bicyclic) bond motifs is 1. The molecular formula is C14H19N5O4. The normalized spacial score (nSPS) is 31.0. The zero-order valence-corrected chi connectivity index (χ0v) is 12.5. The van der Waals surface area contributed by atoms with Gasteiger partial charge in [-0.1, -0.05) is 0 Å². The van der Waals surface area contributed by atoms with Gasteiger partial charge >= 0.3 is 0 Å². The fourth-order valence-electron chi connectivity index (χ4n) is 3.08. The Balaban J connectivity index is 1.64. The van der Waals surface area contributed by atoms with E-state index in [4.69, 9.17) is 9.47 Å². The van der Waals surface area contributed by atoms with Gasteiger partial charge in [-0.2, -0.15) is 0 Å². The van der Waals surface area contributed by atoms with Crippen molar-refractivity contribution in [3.63, 3.8) is 0 Å². The summed E-state index contributed by atoms with van der Waals surface area (Å²) in [6.07, 6.45) is 2.68. The minimum Gasteiger partial charge on any atom is -0.394 e. The number of anilines is 1. The second kappa shape index (κ2) is 6.00. The highest BCUT2D eigenvalue weighted by Gasteiger charge is 2.36. The predicted molar refractivity (Wildman–Crippen MR) is 79.8 cm³/mol. The maximum Gasteiger partial charge on any atom is 0.167 e. The number of hydrogen-bond donors (Lipinski definition) is 3. The molecule has 4 heterocycles. The van der Waals surface area contributed by atoms with Crippen LogP contribution in [-0.2, 0) is 9.47 Å². The van der Waals surface area contributed by atoms with E-state index in [1.807, 2.05) is 0 Å². The number of aliphatic hydroxyl groups is 2. The Morgan fingerprint density at radius 1 is 1.35 bits per heavy atom. The van der Waals surface area contributed by atoms with Gasteiger partial charge in [0.2, 0.25) is 0 Å². The average Bonchev–Trinajstić information content (AvgIpc) is 3.27. The van der Waals surface area contributed by atoms with Crippen molar-refractivity contribution in [2.45, 2.75) is 37.3 Å². The maximum atomic E-state index is 10.2. The minimum absolute atomic E-state index is 0.121. The molecule has 4 rings (SSSR count). The smallest absolute Gasteiger partial charge is 0.167 e. The lowest BCUT2D eigenvalue weighted by Crippen LogP contribution is -2.21. The van der Waals surface area contributed by atoms with Crippen LogP contribution in [0.15, 0.2) is 12.7 Å². The molecule has 23 heavy (non-hydrogen) atoms. The molecule has 1 unspecified atom stereocenters. The van der Waals surface area contributed by atoms with E-state index < -0.39 is 12.3 Å². The summed E-state index contributed by atoms with van der Waals surface area (Å²) in [5, 5.41) is 22.7. The number of rotatable bonds is 4. The van der Waals surface area contributed by atoms with Gasteiger partial charge in [0.1, 0.15) is 12.4 Å². The first kappa shape index (κ1) is 14.8. The number of aromatic nitrogens is 4. The third-order valence-electron chi connectivity index (χ3n) is 4.27. The topological polar surface area (TPSA) is 115 Å². The molecule has 4 atom stereocenters. The van der Waals surface area contributed by atoms with Gasteiger partial charge < -0.3 is 25.0 Å². The van der Waals surface area contributed by atoms with Crippen LogP contribution in [0.3, 0.4) is 0 Å². The quantitative estimate of drug-likeness (QED) is 0.701. The second-order valence-corrected chi connectivity index (χ2v) is 5.89. The van der Waals surface area contributed by atoms with E-state index in [0.29, 0.717) is 30.0 Å². The average molecular weight is 321 g/mol. The molecule has 2 fully saturated rings. The molecule has 2 aliphatic rings. The van der Waals surface area contributed by atoms with Gasteiger partial charge in [-0.25, -0.2) is 15.0 Å². The van der Waals surface area contributed by atoms with Crippen molar-refractivity contribution in [3.05, 3.63) is 12.7 Å². The highest BCUT2D eigenvalue weighted by molar-refractivity contribution is 5.82. The lowest BCUT2D eigenvalue weighted by molar-refractivity contribution is -0.0486. The Morgan fingerprint density at radius 3 is 3.00 bits per heavy atom. The van der Waals surface area contributed by atoms with Gasteiger partial charge in [-0.05, 0) is 6.42 Å². The van der Waals surface area contributed by atoms with Gasteiger partial charge in [0.25, 0.3) is 0 Å². The Hall–Kier alpha value is -1.81. The standard InChI is InChI=1S/C14H19N5O4/c20-4-9-3-10(21)14(23-9)19-7-17-11-12(15-6-16-13(11)19)18-8-1-2-22-5-8/h6-10,14,20-21H,1-5H2,(H,15,16,18)/t8?,9-,10+,14+/m0/s1. The van der Waals surface area contributed by atoms with Crippen LogP contribution in [0.5, 0.6) is 0 Å². The first-order valence-electron chi connectivity index (χ1n) is 7.72. The fraction of sp³-hybridized carbons (Fsp3) is 0.643. The first-order chi connectivity index (χ1) is 11.3. The number of imidazole rings is 1. The molecule has 2 aliphatic heterocycles. The number of aliphatic hydroxyl groups excluding tert-OH is 2. The molecule has 0 aromatic carbocycles. The monoisotopic (exact) mass is 321 g/mol. The Kier molecular flexibility index (Phi) is 3.85. The molecule has 9 nitrogen and oxygen atoms in total. The van der Waals surface area contributed by atoms with E-state index >= 15 is 0 Å². The predicted octanol–water partition coefficient (Wildman–Crippen LogP) is -0.332. The van der Waals surface area contributed by atoms with Gasteiger partial charge in [0.15, 0.2) is 23.2 Å². The molecule has 2 aromatic rings. The van der Waals surface area contributed by atoms with Gasteiger partial charge in [0, 0.05) is 13.0 Å². The van der Waals surface area contributed by atoms with E-state index in [0.717, 1.165) is 13.0 Å². The molecule has 0 aliphatic carbocycles. The van der Waals surface area contributed by atoms with Gasteiger partial charge in [-0.15, -0.1) is 0 Å². The number of nitrogens with zero attached hydrogens (tertiary/aromatic N) is 4. The molecule has 2 aromatic heterocycles. The molecule has 9 heteroatoms. The zero-order chi connectivity index (χ0) is 15.8. The molecular weight excluding hydrogens is 302 g/mol. The molecule has 2 saturated heterocycles. The summed E-state index contributed by atoms with van der Waals surface area (Å²) in [6.45, 7) is 1.27. The van der Waals surface area contributed by atoms with E-state index in [1.54, 1.807) is 10.9 Å². The third kappa shape index (κ3) is 2.65. The van der Waals surface area contributed by atoms with Crippen LogP contribution in [0.2, 0.25) is 0 Å². The number of hydrogen-bond acceptors (Lipinski definition) is 8. The summed E-state index contributed by atoms with van der Waals surface area (Å²) in [4.78, 5) is 12.9. The van der Waals surface area contributed by atoms with Crippen molar-refractivity contribution in [2.24, 2.45) is 0 Å². The largest absolute Gasteiger partial charge is 0.394 e. The van der Waals surface area contributed by atoms with E-state index in [-0.39, 0.29) is 18.8 Å². The van der Waals surface area contributed by atoms with Gasteiger partial charge in [-0.3, -0.25) is 4.57 Å². The van der Waals surface area contributed by atoms with Crippen molar-refractivity contribution < 1.29 is 19.7 Å². The first-order valence-corrected chi connectivity index (χ1v) is 7.72. The molecule has 0 radical (unpaired) electrons. The summed E-state index contributed by atoms with van der Waals surface area (Å²) in [6, 6.07) is 0.213. The van der Waals surface area contributed by atoms with E-state index in [2.05, 4.69) is 20.3 Å². The van der Waals surface area contributed by atoms with Crippen molar-refractivity contribution in [1.82, 2.24) is 19.5 Å². The highest BCUT2D eigenvalue weighted by Crippen LogP contribution is 2.31. The Bertz CT molecular complexity index is 687. The van der Waals surface area contributed by atoms with Crippen LogP contribution in [0.4, 0.5) is 5.82 Å². The summed E-state index contributed by atoms with van der Waals surface area (Å²) in [5.74, 6) is 0.649. The van der Waals surface area contributed by atoms with Crippen LogP contribution in [0, 0.1) is 0 Å². The Morgan fingerprint density at radius 2 is 2.26 bits per heavy atom. The van der Waals surface area contributed by atoms with Crippen LogP contribution in [0.25, 0.3) is 11.2 Å². The zero-order valence-electron chi connectivity index (χ0n) is 12.5. The lowest BCUT2D eigenvalue weighted by Gasteiger charge is -2.16. The van der Waals surface area contributed by atoms with Gasteiger partial charge in [0.05, 0.1) is 31.7 Å². The number of nitrogens with one attached hydrogen (secondary N) is 1. The maximum absolute atomic E-state index is 10.2. The lowest BCUT2D eigenvalue weighted by atomic mass is 10.2. The van der Waals surface area contributed by atoms with Crippen molar-refractivity contribution >= 4 is 17.0 Å². The second-order valence-electron chi connectivity index (χ2n) is 5.89. The fourth-order valence-corrected chi connectivity index (χ4v) is 3.08. The van der Waals surface area contributed by atoms with Crippen LogP contribution < -0.4 is 5.32 Å². The molecule has 0 bridgehead atoms. The summed E-state index contributed by atoms with van der Waals surface area (Å²) >= 11 is 0. The third-order valence-corrected chi connectivity index (χ3v) is 4.27. The van der Waals surface area contributed by atoms with Crippen molar-refractivity contribution in [1.29, 1.82) is 0 Å². The Labute approximate surface area is 132 Å². The minimum atomic E-state index is -0.709. The SMILES string of the molecule is OC[C@@H]1C[C@@H](O)[C@H](n2cnc3c(NC4CCOC4)ncnc32)O1. The summed E-state index contributed by atoms with van der Waals surface area (Å²) in [7, 11) is 0. The number of ether oxygens (including phenoxy) is 2. The van der Waals surface area contributed by atoms with Crippen LogP contribution in [-0.4, -0.2) is 67.8 Å². The molecule has 124 valence electrons. The highest BCUT2D eigenvalue weighted by atomic mass is 16.5. The van der Waals surface area contributed by atoms with Crippen LogP contribution >= 0.6 is 0 Å². The van der Waals surface area contributed by atoms with Crippen LogP contribution in [0.1, 0.15) is 19.1 Å². The summed E-state index contributed by atoms with van der Waals surface area (Å²) in [5.41, 5.74) is 1.21. The van der Waals surface area contributed by atoms with E-state index in [9.17, 15) is 10.2 Å². The molecule has 0 saturated carbocycles. The summed E-state index contributed by atoms with van der Waals surface area (Å²) < 4.78 is 12.7. The van der Waals surface area contributed by atoms with Crippen molar-refractivity contribution in [2.75, 3.05) is 25.1 Å².